The minimum Gasteiger partial charge on any atom is -0.314 e. The summed E-state index contributed by atoms with van der Waals surface area (Å²) < 4.78 is 0.982. The molecule has 4 heteroatoms. The molecule has 0 aliphatic carbocycles. The molecule has 0 unspecified atom stereocenters. The maximum absolute atomic E-state index is 6.11. The lowest BCUT2D eigenvalue weighted by atomic mass is 9.81. The summed E-state index contributed by atoms with van der Waals surface area (Å²) in [5.41, 5.74) is 1.54. The predicted octanol–water partition coefficient (Wildman–Crippen LogP) is 4.09. The zero-order chi connectivity index (χ0) is 14.0. The average molecular weight is 346 g/mol. The molecular formula is C15H22BrClN2. The molecule has 1 heterocycles. The molecule has 1 aliphatic heterocycles. The van der Waals surface area contributed by atoms with Gasteiger partial charge in [0.2, 0.25) is 0 Å². The fourth-order valence-electron chi connectivity index (χ4n) is 2.88. The molecule has 1 N–H and O–H groups in total. The van der Waals surface area contributed by atoms with Crippen LogP contribution < -0.4 is 5.32 Å². The van der Waals surface area contributed by atoms with Crippen LogP contribution in [0, 0.1) is 5.41 Å². The quantitative estimate of drug-likeness (QED) is 0.868. The Morgan fingerprint density at radius 1 is 1.26 bits per heavy atom. The average Bonchev–Trinajstić information content (AvgIpc) is 2.34. The van der Waals surface area contributed by atoms with Gasteiger partial charge in [0.1, 0.15) is 0 Å². The summed E-state index contributed by atoms with van der Waals surface area (Å²) in [5.74, 6) is 0. The second-order valence-electron chi connectivity index (χ2n) is 6.23. The summed E-state index contributed by atoms with van der Waals surface area (Å²) in [6.45, 7) is 11.3. The summed E-state index contributed by atoms with van der Waals surface area (Å²) in [6.07, 6.45) is 0. The van der Waals surface area contributed by atoms with Gasteiger partial charge < -0.3 is 5.32 Å². The highest BCUT2D eigenvalue weighted by atomic mass is 79.9. The van der Waals surface area contributed by atoms with E-state index in [1.165, 1.54) is 5.56 Å². The first-order valence-corrected chi connectivity index (χ1v) is 7.96. The summed E-state index contributed by atoms with van der Waals surface area (Å²) in [5, 5.41) is 4.20. The van der Waals surface area contributed by atoms with Crippen molar-refractivity contribution in [2.75, 3.05) is 26.2 Å². The van der Waals surface area contributed by atoms with Crippen molar-refractivity contribution in [3.05, 3.63) is 33.3 Å². The van der Waals surface area contributed by atoms with E-state index in [0.717, 1.165) is 35.7 Å². The molecule has 1 atom stereocenters. The number of nitrogens with one attached hydrogen (secondary N) is 1. The normalized spacial score (nSPS) is 19.4. The maximum Gasteiger partial charge on any atom is 0.0548 e. The minimum atomic E-state index is 0.199. The molecule has 1 fully saturated rings. The Kier molecular flexibility index (Phi) is 4.93. The lowest BCUT2D eigenvalue weighted by molar-refractivity contribution is 0.0862. The van der Waals surface area contributed by atoms with Gasteiger partial charge in [-0.1, -0.05) is 38.4 Å². The molecule has 1 saturated heterocycles. The third kappa shape index (κ3) is 3.72. The van der Waals surface area contributed by atoms with E-state index in [1.807, 2.05) is 6.07 Å². The van der Waals surface area contributed by atoms with E-state index >= 15 is 0 Å². The maximum atomic E-state index is 6.11. The lowest BCUT2D eigenvalue weighted by Crippen LogP contribution is -2.48. The molecule has 0 amide bonds. The number of hydrogen-bond donors (Lipinski definition) is 1. The molecule has 0 radical (unpaired) electrons. The third-order valence-corrected chi connectivity index (χ3v) is 4.81. The van der Waals surface area contributed by atoms with E-state index < -0.39 is 0 Å². The van der Waals surface area contributed by atoms with Gasteiger partial charge >= 0.3 is 0 Å². The van der Waals surface area contributed by atoms with Crippen molar-refractivity contribution < 1.29 is 0 Å². The van der Waals surface area contributed by atoms with Crippen LogP contribution in [0.3, 0.4) is 0 Å². The Bertz CT molecular complexity index is 436. The Hall–Kier alpha value is -0.0900. The first-order chi connectivity index (χ1) is 8.89. The van der Waals surface area contributed by atoms with Crippen LogP contribution >= 0.6 is 27.5 Å². The van der Waals surface area contributed by atoms with Crippen molar-refractivity contribution in [2.24, 2.45) is 5.41 Å². The van der Waals surface area contributed by atoms with Crippen LogP contribution in [-0.4, -0.2) is 31.1 Å². The van der Waals surface area contributed by atoms with Gasteiger partial charge in [-0.2, -0.15) is 0 Å². The molecule has 0 spiro atoms. The summed E-state index contributed by atoms with van der Waals surface area (Å²) >= 11 is 9.66. The van der Waals surface area contributed by atoms with E-state index in [9.17, 15) is 0 Å². The van der Waals surface area contributed by atoms with E-state index in [2.05, 4.69) is 59.1 Å². The number of rotatable bonds is 2. The first-order valence-electron chi connectivity index (χ1n) is 6.79. The van der Waals surface area contributed by atoms with Crippen molar-refractivity contribution in [2.45, 2.75) is 26.8 Å². The Balaban J connectivity index is 2.33. The van der Waals surface area contributed by atoms with Gasteiger partial charge in [-0.05, 0) is 39.0 Å². The van der Waals surface area contributed by atoms with Crippen LogP contribution in [0.25, 0.3) is 0 Å². The van der Waals surface area contributed by atoms with E-state index in [-0.39, 0.29) is 5.41 Å². The highest BCUT2D eigenvalue weighted by molar-refractivity contribution is 9.10. The highest BCUT2D eigenvalue weighted by Gasteiger charge is 2.32. The van der Waals surface area contributed by atoms with Gasteiger partial charge in [0.05, 0.1) is 5.02 Å². The molecule has 19 heavy (non-hydrogen) atoms. The van der Waals surface area contributed by atoms with Crippen LogP contribution in [0.2, 0.25) is 5.02 Å². The van der Waals surface area contributed by atoms with E-state index in [4.69, 9.17) is 11.6 Å². The molecule has 0 aromatic heterocycles. The standard InChI is InChI=1S/C15H22BrClN2/c1-15(2,3)14(19-8-6-18-7-9-19)11-4-5-13(17)12(16)10-11/h4-5,10,14,18H,6-9H2,1-3H3/t14-/m0/s1. The van der Waals surface area contributed by atoms with Crippen LogP contribution in [0.5, 0.6) is 0 Å². The van der Waals surface area contributed by atoms with Crippen LogP contribution in [-0.2, 0) is 0 Å². The van der Waals surface area contributed by atoms with Crippen molar-refractivity contribution in [1.82, 2.24) is 10.2 Å². The molecule has 2 rings (SSSR count). The smallest absolute Gasteiger partial charge is 0.0548 e. The summed E-state index contributed by atoms with van der Waals surface area (Å²) in [4.78, 5) is 2.58. The molecular weight excluding hydrogens is 324 g/mol. The van der Waals surface area contributed by atoms with Crippen molar-refractivity contribution in [3.63, 3.8) is 0 Å². The summed E-state index contributed by atoms with van der Waals surface area (Å²) in [7, 11) is 0. The topological polar surface area (TPSA) is 15.3 Å². The predicted molar refractivity (Wildman–Crippen MR) is 85.8 cm³/mol. The first kappa shape index (κ1) is 15.3. The van der Waals surface area contributed by atoms with Gasteiger partial charge in [-0.25, -0.2) is 0 Å². The number of benzene rings is 1. The Labute approximate surface area is 129 Å². The highest BCUT2D eigenvalue weighted by Crippen LogP contribution is 2.39. The second kappa shape index (κ2) is 6.13. The number of piperazine rings is 1. The zero-order valence-electron chi connectivity index (χ0n) is 11.8. The van der Waals surface area contributed by atoms with Crippen molar-refractivity contribution in [1.29, 1.82) is 0 Å². The second-order valence-corrected chi connectivity index (χ2v) is 7.49. The van der Waals surface area contributed by atoms with E-state index in [1.54, 1.807) is 0 Å². The zero-order valence-corrected chi connectivity index (χ0v) is 14.2. The number of halogens is 2. The summed E-state index contributed by atoms with van der Waals surface area (Å²) in [6, 6.07) is 6.73. The fraction of sp³-hybridized carbons (Fsp3) is 0.600. The van der Waals surface area contributed by atoms with Gasteiger partial charge in [-0.3, -0.25) is 4.90 Å². The molecule has 1 aromatic carbocycles. The SMILES string of the molecule is CC(C)(C)[C@H](c1ccc(Cl)c(Br)c1)N1CCNCC1. The van der Waals surface area contributed by atoms with Crippen molar-refractivity contribution >= 4 is 27.5 Å². The Morgan fingerprint density at radius 3 is 2.42 bits per heavy atom. The van der Waals surface area contributed by atoms with Crippen LogP contribution in [0.4, 0.5) is 0 Å². The van der Waals surface area contributed by atoms with Crippen LogP contribution in [0.1, 0.15) is 32.4 Å². The van der Waals surface area contributed by atoms with Gasteiger partial charge in [-0.15, -0.1) is 0 Å². The fourth-order valence-corrected chi connectivity index (χ4v) is 3.40. The minimum absolute atomic E-state index is 0.199. The molecule has 106 valence electrons. The van der Waals surface area contributed by atoms with Gasteiger partial charge in [0.25, 0.3) is 0 Å². The number of nitrogens with zero attached hydrogens (tertiary/aromatic N) is 1. The monoisotopic (exact) mass is 344 g/mol. The lowest BCUT2D eigenvalue weighted by Gasteiger charge is -2.42. The number of hydrogen-bond acceptors (Lipinski definition) is 2. The molecule has 2 nitrogen and oxygen atoms in total. The van der Waals surface area contributed by atoms with Gasteiger partial charge in [0.15, 0.2) is 0 Å². The van der Waals surface area contributed by atoms with Crippen molar-refractivity contribution in [3.8, 4) is 0 Å². The molecule has 1 aromatic rings. The Morgan fingerprint density at radius 2 is 1.89 bits per heavy atom. The van der Waals surface area contributed by atoms with E-state index in [0.29, 0.717) is 6.04 Å². The molecule has 0 saturated carbocycles. The molecule has 1 aliphatic rings. The molecule has 0 bridgehead atoms. The van der Waals surface area contributed by atoms with Crippen LogP contribution in [0.15, 0.2) is 22.7 Å². The van der Waals surface area contributed by atoms with Gasteiger partial charge in [0, 0.05) is 36.7 Å². The largest absolute Gasteiger partial charge is 0.314 e. The third-order valence-electron chi connectivity index (χ3n) is 3.60.